The molecule has 1 fully saturated rings. The quantitative estimate of drug-likeness (QED) is 0.860. The van der Waals surface area contributed by atoms with E-state index in [2.05, 4.69) is 35.2 Å². The molecular weight excluding hydrogens is 210 g/mol. The molecule has 0 saturated carbocycles. The van der Waals surface area contributed by atoms with Gasteiger partial charge in [0.05, 0.1) is 0 Å². The molecule has 0 bridgehead atoms. The van der Waals surface area contributed by atoms with E-state index in [1.54, 1.807) is 0 Å². The van der Waals surface area contributed by atoms with Crippen LogP contribution in [-0.2, 0) is 6.54 Å². The van der Waals surface area contributed by atoms with Crippen molar-refractivity contribution in [3.05, 3.63) is 29.6 Å². The predicted molar refractivity (Wildman–Crippen MR) is 70.9 cm³/mol. The lowest BCUT2D eigenvalue weighted by Crippen LogP contribution is -2.34. The number of rotatable bonds is 4. The zero-order chi connectivity index (χ0) is 12.1. The lowest BCUT2D eigenvalue weighted by molar-refractivity contribution is 0.234. The first-order valence-corrected chi connectivity index (χ1v) is 6.54. The van der Waals surface area contributed by atoms with Crippen molar-refractivity contribution in [2.45, 2.75) is 26.3 Å². The van der Waals surface area contributed by atoms with Gasteiger partial charge in [-0.1, -0.05) is 6.07 Å². The Morgan fingerprint density at radius 1 is 1.35 bits per heavy atom. The van der Waals surface area contributed by atoms with Crippen LogP contribution in [-0.4, -0.2) is 36.6 Å². The lowest BCUT2D eigenvalue weighted by Gasteiger charge is -2.27. The molecule has 1 saturated heterocycles. The molecule has 0 aromatic carbocycles. The number of hydrogen-bond acceptors (Lipinski definition) is 3. The highest BCUT2D eigenvalue weighted by molar-refractivity contribution is 5.16. The van der Waals surface area contributed by atoms with Gasteiger partial charge in [-0.15, -0.1) is 0 Å². The highest BCUT2D eigenvalue weighted by atomic mass is 15.1. The standard InChI is InChI=1S/C14H23N3/c1-12-7-14(9-16-8-12)11-17(2)10-13-3-5-15-6-4-13/h7-9,13,15H,3-6,10-11H2,1-2H3. The minimum absolute atomic E-state index is 0.860. The van der Waals surface area contributed by atoms with Crippen molar-refractivity contribution in [3.63, 3.8) is 0 Å². The summed E-state index contributed by atoms with van der Waals surface area (Å²) >= 11 is 0. The third-order valence-electron chi connectivity index (χ3n) is 3.41. The van der Waals surface area contributed by atoms with E-state index in [4.69, 9.17) is 0 Å². The number of hydrogen-bond donors (Lipinski definition) is 1. The van der Waals surface area contributed by atoms with E-state index in [0.717, 1.165) is 12.5 Å². The van der Waals surface area contributed by atoms with Gasteiger partial charge >= 0.3 is 0 Å². The molecule has 94 valence electrons. The molecule has 0 amide bonds. The van der Waals surface area contributed by atoms with Crippen LogP contribution in [0.3, 0.4) is 0 Å². The van der Waals surface area contributed by atoms with Crippen LogP contribution in [0.5, 0.6) is 0 Å². The molecule has 1 aromatic rings. The molecular formula is C14H23N3. The molecule has 1 aromatic heterocycles. The van der Waals surface area contributed by atoms with Crippen LogP contribution in [0, 0.1) is 12.8 Å². The van der Waals surface area contributed by atoms with E-state index < -0.39 is 0 Å². The third kappa shape index (κ3) is 4.10. The summed E-state index contributed by atoms with van der Waals surface area (Å²) in [6.45, 7) is 6.69. The normalized spacial score (nSPS) is 17.6. The van der Waals surface area contributed by atoms with Gasteiger partial charge in [0.15, 0.2) is 0 Å². The topological polar surface area (TPSA) is 28.2 Å². The van der Waals surface area contributed by atoms with Gasteiger partial charge in [-0.2, -0.15) is 0 Å². The maximum absolute atomic E-state index is 4.25. The Hall–Kier alpha value is -0.930. The highest BCUT2D eigenvalue weighted by Crippen LogP contribution is 2.14. The second kappa shape index (κ2) is 6.12. The summed E-state index contributed by atoms with van der Waals surface area (Å²) in [4.78, 5) is 6.67. The van der Waals surface area contributed by atoms with Gasteiger partial charge in [-0.3, -0.25) is 4.98 Å². The second-order valence-corrected chi connectivity index (χ2v) is 5.26. The van der Waals surface area contributed by atoms with E-state index in [9.17, 15) is 0 Å². The van der Waals surface area contributed by atoms with Crippen LogP contribution in [0.1, 0.15) is 24.0 Å². The van der Waals surface area contributed by atoms with Crippen LogP contribution in [0.25, 0.3) is 0 Å². The maximum Gasteiger partial charge on any atom is 0.0313 e. The summed E-state index contributed by atoms with van der Waals surface area (Å²) in [5, 5.41) is 3.42. The van der Waals surface area contributed by atoms with Gasteiger partial charge in [0.25, 0.3) is 0 Å². The van der Waals surface area contributed by atoms with Crippen molar-refractivity contribution in [1.82, 2.24) is 15.2 Å². The van der Waals surface area contributed by atoms with Gasteiger partial charge in [0.2, 0.25) is 0 Å². The zero-order valence-corrected chi connectivity index (χ0v) is 10.9. The number of aromatic nitrogens is 1. The van der Waals surface area contributed by atoms with Crippen molar-refractivity contribution in [1.29, 1.82) is 0 Å². The van der Waals surface area contributed by atoms with Gasteiger partial charge in [-0.25, -0.2) is 0 Å². The summed E-state index contributed by atoms with van der Waals surface area (Å²) < 4.78 is 0. The Morgan fingerprint density at radius 3 is 2.82 bits per heavy atom. The summed E-state index contributed by atoms with van der Waals surface area (Å²) in [6.07, 6.45) is 6.52. The first kappa shape index (κ1) is 12.5. The molecule has 17 heavy (non-hydrogen) atoms. The zero-order valence-electron chi connectivity index (χ0n) is 10.9. The molecule has 0 radical (unpaired) electrons. The largest absolute Gasteiger partial charge is 0.317 e. The van der Waals surface area contributed by atoms with Crippen molar-refractivity contribution in [2.24, 2.45) is 5.92 Å². The average molecular weight is 233 g/mol. The second-order valence-electron chi connectivity index (χ2n) is 5.26. The molecule has 2 heterocycles. The van der Waals surface area contributed by atoms with Gasteiger partial charge in [0.1, 0.15) is 0 Å². The Morgan fingerprint density at radius 2 is 2.12 bits per heavy atom. The van der Waals surface area contributed by atoms with Crippen LogP contribution in [0.2, 0.25) is 0 Å². The minimum atomic E-state index is 0.860. The van der Waals surface area contributed by atoms with E-state index in [1.165, 1.54) is 43.6 Å². The monoisotopic (exact) mass is 233 g/mol. The fourth-order valence-electron chi connectivity index (χ4n) is 2.59. The molecule has 0 spiro atoms. The van der Waals surface area contributed by atoms with E-state index in [0.29, 0.717) is 0 Å². The Labute approximate surface area is 104 Å². The Balaban J connectivity index is 1.82. The molecule has 1 aliphatic rings. The smallest absolute Gasteiger partial charge is 0.0313 e. The Bertz CT molecular complexity index is 345. The molecule has 2 rings (SSSR count). The highest BCUT2D eigenvalue weighted by Gasteiger charge is 2.14. The summed E-state index contributed by atoms with van der Waals surface area (Å²) in [7, 11) is 2.21. The number of nitrogens with zero attached hydrogens (tertiary/aromatic N) is 2. The number of nitrogens with one attached hydrogen (secondary N) is 1. The first-order chi connectivity index (χ1) is 8.24. The molecule has 0 unspecified atom stereocenters. The van der Waals surface area contributed by atoms with Crippen LogP contribution in [0.15, 0.2) is 18.5 Å². The number of pyridine rings is 1. The molecule has 0 aliphatic carbocycles. The van der Waals surface area contributed by atoms with E-state index >= 15 is 0 Å². The van der Waals surface area contributed by atoms with E-state index in [1.807, 2.05) is 12.4 Å². The van der Waals surface area contributed by atoms with Gasteiger partial charge < -0.3 is 10.2 Å². The van der Waals surface area contributed by atoms with Crippen LogP contribution >= 0.6 is 0 Å². The van der Waals surface area contributed by atoms with Crippen molar-refractivity contribution in [2.75, 3.05) is 26.7 Å². The molecule has 1 N–H and O–H groups in total. The Kier molecular flexibility index (Phi) is 4.51. The average Bonchev–Trinajstić information content (AvgIpc) is 2.30. The fourth-order valence-corrected chi connectivity index (χ4v) is 2.59. The molecule has 1 aliphatic heterocycles. The van der Waals surface area contributed by atoms with Crippen LogP contribution < -0.4 is 5.32 Å². The maximum atomic E-state index is 4.25. The van der Waals surface area contributed by atoms with Gasteiger partial charge in [-0.05, 0) is 56.9 Å². The number of aryl methyl sites for hydroxylation is 1. The molecule has 0 atom stereocenters. The SMILES string of the molecule is Cc1cncc(CN(C)CC2CCNCC2)c1. The summed E-state index contributed by atoms with van der Waals surface area (Å²) in [5.74, 6) is 0.860. The predicted octanol–water partition coefficient (Wildman–Crippen LogP) is 1.82. The van der Waals surface area contributed by atoms with Crippen molar-refractivity contribution >= 4 is 0 Å². The first-order valence-electron chi connectivity index (χ1n) is 6.54. The van der Waals surface area contributed by atoms with Crippen molar-refractivity contribution < 1.29 is 0 Å². The summed E-state index contributed by atoms with van der Waals surface area (Å²) in [6, 6.07) is 2.23. The van der Waals surface area contributed by atoms with Crippen molar-refractivity contribution in [3.8, 4) is 0 Å². The fraction of sp³-hybridized carbons (Fsp3) is 0.643. The number of piperidine rings is 1. The third-order valence-corrected chi connectivity index (χ3v) is 3.41. The molecule has 3 nitrogen and oxygen atoms in total. The molecule has 3 heteroatoms. The van der Waals surface area contributed by atoms with Crippen LogP contribution in [0.4, 0.5) is 0 Å². The lowest BCUT2D eigenvalue weighted by atomic mass is 9.97. The van der Waals surface area contributed by atoms with E-state index in [-0.39, 0.29) is 0 Å². The summed E-state index contributed by atoms with van der Waals surface area (Å²) in [5.41, 5.74) is 2.57. The minimum Gasteiger partial charge on any atom is -0.317 e. The van der Waals surface area contributed by atoms with Gasteiger partial charge in [0, 0.05) is 25.5 Å².